The van der Waals surface area contributed by atoms with E-state index in [9.17, 15) is 14.0 Å². The maximum absolute atomic E-state index is 12.9. The number of urea groups is 1. The molecule has 1 aromatic rings. The normalized spacial score (nSPS) is 11.7. The largest absolute Gasteiger partial charge is 0.481 e. The second-order valence-corrected chi connectivity index (χ2v) is 4.56. The second kappa shape index (κ2) is 6.34. The molecule has 0 aromatic heterocycles. The van der Waals surface area contributed by atoms with Crippen LogP contribution in [0.2, 0.25) is 0 Å². The first-order valence-electron chi connectivity index (χ1n) is 5.13. The summed E-state index contributed by atoms with van der Waals surface area (Å²) in [6.45, 7) is 1.50. The fourth-order valence-corrected chi connectivity index (χ4v) is 1.46. The highest BCUT2D eigenvalue weighted by Gasteiger charge is 2.12. The zero-order chi connectivity index (χ0) is 13.7. The van der Waals surface area contributed by atoms with Crippen LogP contribution in [0.1, 0.15) is 6.92 Å². The number of halogens is 2. The number of amides is 2. The van der Waals surface area contributed by atoms with Crippen molar-refractivity contribution < 1.29 is 19.1 Å². The summed E-state index contributed by atoms with van der Waals surface area (Å²) >= 11 is 2.99. The van der Waals surface area contributed by atoms with E-state index in [-0.39, 0.29) is 11.0 Å². The fraction of sp³-hybridized carbons (Fsp3) is 0.273. The molecule has 0 radical (unpaired) electrons. The van der Waals surface area contributed by atoms with Crippen LogP contribution in [-0.2, 0) is 4.79 Å². The van der Waals surface area contributed by atoms with Crippen molar-refractivity contribution in [3.8, 4) is 0 Å². The van der Waals surface area contributed by atoms with E-state index < -0.39 is 23.7 Å². The van der Waals surface area contributed by atoms with Crippen LogP contribution < -0.4 is 10.6 Å². The van der Waals surface area contributed by atoms with Crippen molar-refractivity contribution in [1.29, 1.82) is 0 Å². The Bertz CT molecular complexity index is 468. The summed E-state index contributed by atoms with van der Waals surface area (Å²) in [5.41, 5.74) is 0.406. The number of hydrogen-bond donors (Lipinski definition) is 3. The molecule has 0 heterocycles. The molecule has 0 aliphatic heterocycles. The lowest BCUT2D eigenvalue weighted by atomic mass is 10.2. The Labute approximate surface area is 112 Å². The molecule has 1 atom stereocenters. The maximum atomic E-state index is 12.9. The number of hydrogen-bond acceptors (Lipinski definition) is 2. The summed E-state index contributed by atoms with van der Waals surface area (Å²) in [7, 11) is 0. The van der Waals surface area contributed by atoms with Gasteiger partial charge in [-0.05, 0) is 34.1 Å². The SMILES string of the molecule is CC(CNC(=O)Nc1ccc(F)c(Br)c1)C(=O)O. The Morgan fingerprint density at radius 1 is 1.50 bits per heavy atom. The van der Waals surface area contributed by atoms with E-state index in [4.69, 9.17) is 5.11 Å². The van der Waals surface area contributed by atoms with E-state index in [1.165, 1.54) is 25.1 Å². The maximum Gasteiger partial charge on any atom is 0.319 e. The molecule has 3 N–H and O–H groups in total. The van der Waals surface area contributed by atoms with Gasteiger partial charge in [-0.3, -0.25) is 4.79 Å². The fourth-order valence-electron chi connectivity index (χ4n) is 1.08. The van der Waals surface area contributed by atoms with Gasteiger partial charge in [-0.1, -0.05) is 6.92 Å². The molecule has 1 rings (SSSR count). The number of aliphatic carboxylic acids is 1. The number of carbonyl (C=O) groups is 2. The summed E-state index contributed by atoms with van der Waals surface area (Å²) in [6.07, 6.45) is 0. The van der Waals surface area contributed by atoms with Crippen LogP contribution in [-0.4, -0.2) is 23.7 Å². The Kier molecular flexibility index (Phi) is 5.08. The minimum Gasteiger partial charge on any atom is -0.481 e. The van der Waals surface area contributed by atoms with Gasteiger partial charge in [-0.2, -0.15) is 0 Å². The quantitative estimate of drug-likeness (QED) is 0.797. The molecule has 18 heavy (non-hydrogen) atoms. The second-order valence-electron chi connectivity index (χ2n) is 3.70. The summed E-state index contributed by atoms with van der Waals surface area (Å²) in [4.78, 5) is 21.9. The average Bonchev–Trinajstić information content (AvgIpc) is 2.30. The Balaban J connectivity index is 2.49. The lowest BCUT2D eigenvalue weighted by Crippen LogP contribution is -2.34. The predicted octanol–water partition coefficient (Wildman–Crippen LogP) is 2.43. The van der Waals surface area contributed by atoms with Crippen molar-refractivity contribution in [2.45, 2.75) is 6.92 Å². The molecule has 0 saturated heterocycles. The highest BCUT2D eigenvalue weighted by atomic mass is 79.9. The molecule has 0 bridgehead atoms. The Morgan fingerprint density at radius 3 is 2.72 bits per heavy atom. The average molecular weight is 319 g/mol. The van der Waals surface area contributed by atoms with E-state index in [0.29, 0.717) is 5.69 Å². The predicted molar refractivity (Wildman–Crippen MR) is 67.9 cm³/mol. The van der Waals surface area contributed by atoms with E-state index in [2.05, 4.69) is 26.6 Å². The third-order valence-electron chi connectivity index (χ3n) is 2.17. The number of benzene rings is 1. The smallest absolute Gasteiger partial charge is 0.319 e. The van der Waals surface area contributed by atoms with Crippen LogP contribution in [0.15, 0.2) is 22.7 Å². The van der Waals surface area contributed by atoms with Gasteiger partial charge in [0.05, 0.1) is 10.4 Å². The van der Waals surface area contributed by atoms with Gasteiger partial charge in [0, 0.05) is 12.2 Å². The third kappa shape index (κ3) is 4.33. The molecule has 2 amide bonds. The van der Waals surface area contributed by atoms with Crippen molar-refractivity contribution in [1.82, 2.24) is 5.32 Å². The van der Waals surface area contributed by atoms with E-state index in [1.54, 1.807) is 0 Å². The standard InChI is InChI=1S/C11H12BrFN2O3/c1-6(10(16)17)5-14-11(18)15-7-2-3-9(13)8(12)4-7/h2-4,6H,5H2,1H3,(H,16,17)(H2,14,15,18). The summed E-state index contributed by atoms with van der Waals surface area (Å²) in [5.74, 6) is -2.09. The van der Waals surface area contributed by atoms with Gasteiger partial charge >= 0.3 is 12.0 Å². The van der Waals surface area contributed by atoms with Gasteiger partial charge in [0.25, 0.3) is 0 Å². The van der Waals surface area contributed by atoms with Crippen molar-refractivity contribution in [2.24, 2.45) is 5.92 Å². The number of carboxylic acids is 1. The molecule has 7 heteroatoms. The number of carbonyl (C=O) groups excluding carboxylic acids is 1. The van der Waals surface area contributed by atoms with E-state index >= 15 is 0 Å². The number of rotatable bonds is 4. The van der Waals surface area contributed by atoms with Crippen LogP contribution in [0.4, 0.5) is 14.9 Å². The van der Waals surface area contributed by atoms with Crippen LogP contribution in [0.5, 0.6) is 0 Å². The monoisotopic (exact) mass is 318 g/mol. The lowest BCUT2D eigenvalue weighted by Gasteiger charge is -2.10. The minimum atomic E-state index is -0.986. The van der Waals surface area contributed by atoms with Gasteiger partial charge in [0.2, 0.25) is 0 Å². The van der Waals surface area contributed by atoms with Crippen molar-refractivity contribution in [3.05, 3.63) is 28.5 Å². The molecule has 0 saturated carbocycles. The Hall–Kier alpha value is -1.63. The molecule has 0 aliphatic rings. The van der Waals surface area contributed by atoms with Crippen LogP contribution in [0.3, 0.4) is 0 Å². The lowest BCUT2D eigenvalue weighted by molar-refractivity contribution is -0.140. The van der Waals surface area contributed by atoms with Crippen LogP contribution in [0.25, 0.3) is 0 Å². The van der Waals surface area contributed by atoms with Crippen molar-refractivity contribution in [2.75, 3.05) is 11.9 Å². The van der Waals surface area contributed by atoms with E-state index in [0.717, 1.165) is 0 Å². The minimum absolute atomic E-state index is 0.0174. The zero-order valence-corrected chi connectivity index (χ0v) is 11.1. The first-order valence-corrected chi connectivity index (χ1v) is 5.92. The molecule has 5 nitrogen and oxygen atoms in total. The molecule has 1 unspecified atom stereocenters. The molecule has 0 aliphatic carbocycles. The van der Waals surface area contributed by atoms with Gasteiger partial charge in [-0.15, -0.1) is 0 Å². The van der Waals surface area contributed by atoms with E-state index in [1.807, 2.05) is 0 Å². The van der Waals surface area contributed by atoms with Crippen molar-refractivity contribution >= 4 is 33.6 Å². The zero-order valence-electron chi connectivity index (χ0n) is 9.54. The first kappa shape index (κ1) is 14.4. The molecular formula is C11H12BrFN2O3. The third-order valence-corrected chi connectivity index (χ3v) is 2.78. The van der Waals surface area contributed by atoms with Gasteiger partial charge in [-0.25, -0.2) is 9.18 Å². The molecular weight excluding hydrogens is 307 g/mol. The highest BCUT2D eigenvalue weighted by molar-refractivity contribution is 9.10. The Morgan fingerprint density at radius 2 is 2.17 bits per heavy atom. The van der Waals surface area contributed by atoms with Gasteiger partial charge in [0.15, 0.2) is 0 Å². The molecule has 0 fully saturated rings. The number of anilines is 1. The van der Waals surface area contributed by atoms with Crippen LogP contribution in [0, 0.1) is 11.7 Å². The van der Waals surface area contributed by atoms with Gasteiger partial charge < -0.3 is 15.7 Å². The molecule has 0 spiro atoms. The van der Waals surface area contributed by atoms with Crippen molar-refractivity contribution in [3.63, 3.8) is 0 Å². The first-order chi connectivity index (χ1) is 8.40. The molecule has 1 aromatic carbocycles. The van der Waals surface area contributed by atoms with Gasteiger partial charge in [0.1, 0.15) is 5.82 Å². The highest BCUT2D eigenvalue weighted by Crippen LogP contribution is 2.19. The molecule has 98 valence electrons. The van der Waals surface area contributed by atoms with Crippen LogP contribution >= 0.6 is 15.9 Å². The summed E-state index contributed by atoms with van der Waals surface area (Å²) < 4.78 is 13.2. The topological polar surface area (TPSA) is 78.4 Å². The summed E-state index contributed by atoms with van der Waals surface area (Å²) in [6, 6.07) is 3.48. The number of carboxylic acid groups (broad SMARTS) is 1. The summed E-state index contributed by atoms with van der Waals surface area (Å²) in [5, 5.41) is 13.5. The number of nitrogens with one attached hydrogen (secondary N) is 2.